The van der Waals surface area contributed by atoms with Gasteiger partial charge >= 0.3 is 0 Å². The van der Waals surface area contributed by atoms with Crippen LogP contribution in [0, 0.1) is 6.92 Å². The Morgan fingerprint density at radius 3 is 2.71 bits per heavy atom. The van der Waals surface area contributed by atoms with E-state index in [-0.39, 0.29) is 0 Å². The highest BCUT2D eigenvalue weighted by molar-refractivity contribution is 7.09. The van der Waals surface area contributed by atoms with Crippen LogP contribution in [0.15, 0.2) is 40.7 Å². The van der Waals surface area contributed by atoms with Crippen molar-refractivity contribution in [3.63, 3.8) is 0 Å². The minimum atomic E-state index is 0.773. The van der Waals surface area contributed by atoms with Crippen molar-refractivity contribution in [2.45, 2.75) is 19.9 Å². The molecule has 0 aliphatic carbocycles. The molecule has 0 radical (unpaired) electrons. The summed E-state index contributed by atoms with van der Waals surface area (Å²) in [5.41, 5.74) is 2.42. The Bertz CT molecular complexity index is 577. The molecule has 21 heavy (non-hydrogen) atoms. The van der Waals surface area contributed by atoms with E-state index in [4.69, 9.17) is 0 Å². The van der Waals surface area contributed by atoms with Crippen molar-refractivity contribution in [2.75, 3.05) is 20.6 Å². The first-order valence-electron chi connectivity index (χ1n) is 7.05. The molecule has 0 unspecified atom stereocenters. The van der Waals surface area contributed by atoms with Crippen LogP contribution in [0.2, 0.25) is 0 Å². The van der Waals surface area contributed by atoms with Gasteiger partial charge in [-0.15, -0.1) is 11.3 Å². The molecule has 0 bridgehead atoms. The molecule has 5 heteroatoms. The highest BCUT2D eigenvalue weighted by Crippen LogP contribution is 2.09. The Morgan fingerprint density at radius 2 is 2.10 bits per heavy atom. The van der Waals surface area contributed by atoms with Crippen LogP contribution in [0.25, 0.3) is 0 Å². The topological polar surface area (TPSA) is 40.5 Å². The van der Waals surface area contributed by atoms with E-state index in [0.717, 1.165) is 36.2 Å². The number of aromatic nitrogens is 1. The fourth-order valence-electron chi connectivity index (χ4n) is 2.15. The third-order valence-corrected chi connectivity index (χ3v) is 4.00. The highest BCUT2D eigenvalue weighted by Gasteiger charge is 2.08. The van der Waals surface area contributed by atoms with Gasteiger partial charge in [-0.25, -0.2) is 4.98 Å². The summed E-state index contributed by atoms with van der Waals surface area (Å²) in [7, 11) is 3.85. The molecule has 0 saturated carbocycles. The van der Waals surface area contributed by atoms with E-state index < -0.39 is 0 Å². The van der Waals surface area contributed by atoms with Gasteiger partial charge in [-0.2, -0.15) is 0 Å². The third kappa shape index (κ3) is 4.86. The quantitative estimate of drug-likeness (QED) is 0.682. The molecule has 1 aromatic heterocycles. The van der Waals surface area contributed by atoms with Gasteiger partial charge in [0.2, 0.25) is 0 Å². The van der Waals surface area contributed by atoms with Gasteiger partial charge in [-0.3, -0.25) is 4.99 Å². The Balaban J connectivity index is 1.82. The van der Waals surface area contributed by atoms with Crippen LogP contribution in [-0.2, 0) is 13.0 Å². The number of hydrogen-bond donors (Lipinski definition) is 1. The summed E-state index contributed by atoms with van der Waals surface area (Å²) in [6.07, 6.45) is 0.990. The average molecular weight is 302 g/mol. The lowest BCUT2D eigenvalue weighted by atomic mass is 10.1. The molecule has 0 saturated heterocycles. The molecule has 0 aliphatic rings. The monoisotopic (exact) mass is 302 g/mol. The SMILES string of the molecule is CN=C(NCCc1ccccc1)N(C)Cc1csc(C)n1. The summed E-state index contributed by atoms with van der Waals surface area (Å²) in [6.45, 7) is 3.67. The van der Waals surface area contributed by atoms with Crippen molar-refractivity contribution < 1.29 is 0 Å². The first-order chi connectivity index (χ1) is 10.2. The van der Waals surface area contributed by atoms with E-state index in [2.05, 4.69) is 49.8 Å². The first-order valence-corrected chi connectivity index (χ1v) is 7.93. The smallest absolute Gasteiger partial charge is 0.193 e. The van der Waals surface area contributed by atoms with Gasteiger partial charge in [0, 0.05) is 26.0 Å². The van der Waals surface area contributed by atoms with Gasteiger partial charge in [0.15, 0.2) is 5.96 Å². The Kier molecular flexibility index (Phi) is 5.75. The molecule has 112 valence electrons. The van der Waals surface area contributed by atoms with Crippen LogP contribution < -0.4 is 5.32 Å². The van der Waals surface area contributed by atoms with E-state index >= 15 is 0 Å². The second-order valence-electron chi connectivity index (χ2n) is 4.92. The highest BCUT2D eigenvalue weighted by atomic mass is 32.1. The second kappa shape index (κ2) is 7.78. The van der Waals surface area contributed by atoms with Crippen molar-refractivity contribution in [2.24, 2.45) is 4.99 Å². The van der Waals surface area contributed by atoms with Crippen molar-refractivity contribution in [1.29, 1.82) is 0 Å². The molecule has 0 spiro atoms. The lowest BCUT2D eigenvalue weighted by molar-refractivity contribution is 0.471. The first kappa shape index (κ1) is 15.5. The van der Waals surface area contributed by atoms with E-state index in [1.165, 1.54) is 5.56 Å². The van der Waals surface area contributed by atoms with Crippen molar-refractivity contribution in [1.82, 2.24) is 15.2 Å². The fourth-order valence-corrected chi connectivity index (χ4v) is 2.75. The molecule has 0 atom stereocenters. The predicted octanol–water partition coefficient (Wildman–Crippen LogP) is 2.70. The van der Waals surface area contributed by atoms with Crippen LogP contribution in [0.4, 0.5) is 0 Å². The molecule has 4 nitrogen and oxygen atoms in total. The fraction of sp³-hybridized carbons (Fsp3) is 0.375. The van der Waals surface area contributed by atoms with Crippen LogP contribution >= 0.6 is 11.3 Å². The molecule has 0 fully saturated rings. The maximum atomic E-state index is 4.49. The maximum absolute atomic E-state index is 4.49. The van der Waals surface area contributed by atoms with Crippen molar-refractivity contribution >= 4 is 17.3 Å². The molecular weight excluding hydrogens is 280 g/mol. The molecular formula is C16H22N4S. The Labute approximate surface area is 130 Å². The average Bonchev–Trinajstić information content (AvgIpc) is 2.89. The van der Waals surface area contributed by atoms with Crippen LogP contribution in [0.5, 0.6) is 0 Å². The molecule has 1 heterocycles. The number of nitrogens with zero attached hydrogens (tertiary/aromatic N) is 3. The zero-order valence-corrected chi connectivity index (χ0v) is 13.7. The normalized spacial score (nSPS) is 11.5. The van der Waals surface area contributed by atoms with Crippen molar-refractivity contribution in [3.05, 3.63) is 52.0 Å². The minimum Gasteiger partial charge on any atom is -0.356 e. The molecule has 1 N–H and O–H groups in total. The van der Waals surface area contributed by atoms with Gasteiger partial charge in [0.1, 0.15) is 0 Å². The number of aryl methyl sites for hydroxylation is 1. The Morgan fingerprint density at radius 1 is 1.33 bits per heavy atom. The summed E-state index contributed by atoms with van der Waals surface area (Å²) in [5.74, 6) is 0.900. The number of guanidine groups is 1. The van der Waals surface area contributed by atoms with Gasteiger partial charge in [-0.05, 0) is 18.9 Å². The number of nitrogens with one attached hydrogen (secondary N) is 1. The van der Waals surface area contributed by atoms with Crippen LogP contribution in [0.3, 0.4) is 0 Å². The lowest BCUT2D eigenvalue weighted by Crippen LogP contribution is -2.39. The summed E-state index contributed by atoms with van der Waals surface area (Å²) >= 11 is 1.68. The largest absolute Gasteiger partial charge is 0.356 e. The van der Waals surface area contributed by atoms with Gasteiger partial charge < -0.3 is 10.2 Å². The van der Waals surface area contributed by atoms with Crippen LogP contribution in [0.1, 0.15) is 16.3 Å². The number of benzene rings is 1. The maximum Gasteiger partial charge on any atom is 0.193 e. The molecule has 1 aromatic carbocycles. The van der Waals surface area contributed by atoms with E-state index in [9.17, 15) is 0 Å². The number of rotatable bonds is 5. The van der Waals surface area contributed by atoms with Crippen LogP contribution in [-0.4, -0.2) is 36.5 Å². The lowest BCUT2D eigenvalue weighted by Gasteiger charge is -2.21. The summed E-state index contributed by atoms with van der Waals surface area (Å²) < 4.78 is 0. The van der Waals surface area contributed by atoms with Gasteiger partial charge in [0.25, 0.3) is 0 Å². The summed E-state index contributed by atoms with van der Waals surface area (Å²) in [4.78, 5) is 10.9. The zero-order chi connectivity index (χ0) is 15.1. The van der Waals surface area contributed by atoms with E-state index in [1.54, 1.807) is 11.3 Å². The molecule has 2 rings (SSSR count). The van der Waals surface area contributed by atoms with Gasteiger partial charge in [0.05, 0.1) is 17.2 Å². The Hall–Kier alpha value is -1.88. The van der Waals surface area contributed by atoms with Crippen molar-refractivity contribution in [3.8, 4) is 0 Å². The standard InChI is InChI=1S/C16H22N4S/c1-13-19-15(12-21-13)11-20(3)16(17-2)18-10-9-14-7-5-4-6-8-14/h4-8,12H,9-11H2,1-3H3,(H,17,18). The molecule has 0 aliphatic heterocycles. The predicted molar refractivity (Wildman–Crippen MR) is 89.8 cm³/mol. The third-order valence-electron chi connectivity index (χ3n) is 3.18. The van der Waals surface area contributed by atoms with Gasteiger partial charge in [-0.1, -0.05) is 30.3 Å². The second-order valence-corrected chi connectivity index (χ2v) is 5.99. The zero-order valence-electron chi connectivity index (χ0n) is 12.8. The minimum absolute atomic E-state index is 0.773. The number of thiazole rings is 1. The number of hydrogen-bond acceptors (Lipinski definition) is 3. The summed E-state index contributed by atoms with van der Waals surface area (Å²) in [5, 5.41) is 6.60. The number of aliphatic imine (C=N–C) groups is 1. The summed E-state index contributed by atoms with van der Waals surface area (Å²) in [6, 6.07) is 10.5. The van der Waals surface area contributed by atoms with E-state index in [1.807, 2.05) is 27.1 Å². The van der Waals surface area contributed by atoms with E-state index in [0.29, 0.717) is 0 Å². The molecule has 2 aromatic rings. The molecule has 0 amide bonds.